The van der Waals surface area contributed by atoms with Crippen LogP contribution < -0.4 is 0 Å². The molecule has 0 spiro atoms. The number of hydrogen-bond acceptors (Lipinski definition) is 2. The standard InChI is InChI=1S/C34H46O3S/c1-4-7-12-19-28-26-29(20-13-8-5-2)33(30(27-28)21-14-9-6-3)38(37-34(35)36,31-22-15-10-16-23-31)32-24-17-11-18-25-32/h10-11,15-18,22-27H,4-9,12-14,19-21H2,1-3H3,(H,35,36). The van der Waals surface area contributed by atoms with Gasteiger partial charge in [0.15, 0.2) is 0 Å². The maximum atomic E-state index is 12.5. The Bertz CT molecular complexity index is 1040. The van der Waals surface area contributed by atoms with Crippen LogP contribution in [0.4, 0.5) is 4.79 Å². The highest BCUT2D eigenvalue weighted by atomic mass is 32.3. The van der Waals surface area contributed by atoms with Crippen molar-refractivity contribution >= 4 is 16.5 Å². The number of carboxylic acid groups (broad SMARTS) is 1. The van der Waals surface area contributed by atoms with E-state index >= 15 is 0 Å². The molecule has 3 rings (SSSR count). The van der Waals surface area contributed by atoms with Crippen molar-refractivity contribution in [3.05, 3.63) is 89.5 Å². The molecule has 38 heavy (non-hydrogen) atoms. The summed E-state index contributed by atoms with van der Waals surface area (Å²) >= 11 is 0. The van der Waals surface area contributed by atoms with Crippen molar-refractivity contribution in [3.8, 4) is 0 Å². The van der Waals surface area contributed by atoms with Gasteiger partial charge in [0.1, 0.15) is 0 Å². The number of hydrogen-bond donors (Lipinski definition) is 1. The monoisotopic (exact) mass is 534 g/mol. The Labute approximate surface area is 232 Å². The van der Waals surface area contributed by atoms with Crippen LogP contribution in [0.5, 0.6) is 0 Å². The predicted molar refractivity (Wildman–Crippen MR) is 161 cm³/mol. The van der Waals surface area contributed by atoms with Crippen LogP contribution >= 0.6 is 10.3 Å². The second kappa shape index (κ2) is 15.6. The number of benzene rings is 3. The van der Waals surface area contributed by atoms with E-state index in [1.165, 1.54) is 36.0 Å². The second-order valence-electron chi connectivity index (χ2n) is 10.1. The van der Waals surface area contributed by atoms with Gasteiger partial charge in [0.2, 0.25) is 0 Å². The molecule has 0 atom stereocenters. The summed E-state index contributed by atoms with van der Waals surface area (Å²) < 4.78 is 6.23. The molecule has 0 saturated carbocycles. The summed E-state index contributed by atoms with van der Waals surface area (Å²) in [5.41, 5.74) is 3.91. The van der Waals surface area contributed by atoms with Gasteiger partial charge in [-0.2, -0.15) is 0 Å². The maximum Gasteiger partial charge on any atom is 0.517 e. The smallest absolute Gasteiger partial charge is 0.449 e. The fourth-order valence-corrected chi connectivity index (χ4v) is 8.64. The minimum absolute atomic E-state index is 0.931. The molecule has 0 aliphatic carbocycles. The lowest BCUT2D eigenvalue weighted by Gasteiger charge is -2.41. The van der Waals surface area contributed by atoms with Crippen molar-refractivity contribution in [1.82, 2.24) is 0 Å². The van der Waals surface area contributed by atoms with Gasteiger partial charge in [0.05, 0.1) is 0 Å². The van der Waals surface area contributed by atoms with Gasteiger partial charge in [-0.15, -0.1) is 0 Å². The summed E-state index contributed by atoms with van der Waals surface area (Å²) in [6.45, 7) is 6.71. The van der Waals surface area contributed by atoms with E-state index in [0.29, 0.717) is 0 Å². The molecule has 0 amide bonds. The van der Waals surface area contributed by atoms with E-state index in [1.54, 1.807) is 0 Å². The van der Waals surface area contributed by atoms with Crippen molar-refractivity contribution in [2.75, 3.05) is 0 Å². The first-order valence-corrected chi connectivity index (χ1v) is 16.1. The normalized spacial score (nSPS) is 11.9. The van der Waals surface area contributed by atoms with Gasteiger partial charge in [0.25, 0.3) is 0 Å². The molecule has 0 aliphatic heterocycles. The third kappa shape index (κ3) is 7.66. The molecule has 3 nitrogen and oxygen atoms in total. The van der Waals surface area contributed by atoms with Crippen LogP contribution in [-0.4, -0.2) is 11.3 Å². The van der Waals surface area contributed by atoms with Crippen LogP contribution in [0.25, 0.3) is 0 Å². The lowest BCUT2D eigenvalue weighted by Crippen LogP contribution is -2.16. The summed E-state index contributed by atoms with van der Waals surface area (Å²) in [4.78, 5) is 15.5. The summed E-state index contributed by atoms with van der Waals surface area (Å²) in [5.74, 6) is 0. The van der Waals surface area contributed by atoms with Crippen LogP contribution in [-0.2, 0) is 23.4 Å². The first kappa shape index (κ1) is 29.8. The maximum absolute atomic E-state index is 12.5. The molecule has 206 valence electrons. The van der Waals surface area contributed by atoms with Gasteiger partial charge in [-0.05, 0) is 89.8 Å². The second-order valence-corrected chi connectivity index (χ2v) is 12.8. The molecule has 0 aliphatic rings. The molecule has 0 unspecified atom stereocenters. The summed E-state index contributed by atoms with van der Waals surface area (Å²) in [6.07, 6.45) is 12.1. The Balaban J connectivity index is 2.36. The largest absolute Gasteiger partial charge is 0.517 e. The third-order valence-corrected chi connectivity index (χ3v) is 10.5. The Morgan fingerprint density at radius 1 is 0.658 bits per heavy atom. The highest BCUT2D eigenvalue weighted by Gasteiger charge is 2.39. The molecule has 1 N–H and O–H groups in total. The van der Waals surface area contributed by atoms with Gasteiger partial charge in [-0.25, -0.2) is 4.79 Å². The van der Waals surface area contributed by atoms with Gasteiger partial charge in [0, 0.05) is 14.7 Å². The van der Waals surface area contributed by atoms with Gasteiger partial charge >= 0.3 is 6.16 Å². The molecule has 3 aromatic carbocycles. The minimum Gasteiger partial charge on any atom is -0.449 e. The van der Waals surface area contributed by atoms with E-state index in [-0.39, 0.29) is 0 Å². The van der Waals surface area contributed by atoms with E-state index in [4.69, 9.17) is 4.18 Å². The average Bonchev–Trinajstić information content (AvgIpc) is 2.93. The molecule has 0 radical (unpaired) electrons. The topological polar surface area (TPSA) is 46.5 Å². The van der Waals surface area contributed by atoms with Gasteiger partial charge < -0.3 is 9.29 Å². The average molecular weight is 535 g/mol. The molecular weight excluding hydrogens is 488 g/mol. The first-order valence-electron chi connectivity index (χ1n) is 14.6. The van der Waals surface area contributed by atoms with Crippen molar-refractivity contribution in [3.63, 3.8) is 0 Å². The number of rotatable bonds is 16. The zero-order valence-electron chi connectivity index (χ0n) is 23.6. The van der Waals surface area contributed by atoms with E-state index in [9.17, 15) is 9.90 Å². The number of unbranched alkanes of at least 4 members (excludes halogenated alkanes) is 6. The number of carbonyl (C=O) groups is 1. The molecule has 0 bridgehead atoms. The number of aryl methyl sites for hydroxylation is 3. The molecule has 0 fully saturated rings. The van der Waals surface area contributed by atoms with Crippen molar-refractivity contribution in [2.24, 2.45) is 0 Å². The zero-order valence-corrected chi connectivity index (χ0v) is 24.4. The molecule has 4 heteroatoms. The molecule has 0 heterocycles. The Hall–Kier alpha value is -2.72. The van der Waals surface area contributed by atoms with E-state index in [0.717, 1.165) is 72.5 Å². The predicted octanol–water partition coefficient (Wildman–Crippen LogP) is 10.8. The van der Waals surface area contributed by atoms with Crippen LogP contribution in [0.15, 0.2) is 87.5 Å². The van der Waals surface area contributed by atoms with Crippen LogP contribution in [0.2, 0.25) is 0 Å². The summed E-state index contributed by atoms with van der Waals surface area (Å²) in [7, 11) is -2.51. The van der Waals surface area contributed by atoms with E-state index in [2.05, 4.69) is 32.9 Å². The van der Waals surface area contributed by atoms with Crippen molar-refractivity contribution in [1.29, 1.82) is 0 Å². The summed E-state index contributed by atoms with van der Waals surface area (Å²) in [6, 6.07) is 24.9. The fourth-order valence-electron chi connectivity index (χ4n) is 5.26. The Morgan fingerprint density at radius 3 is 1.47 bits per heavy atom. The molecule has 3 aromatic rings. The SMILES string of the molecule is CCCCCc1cc(CCCCC)c(S(OC(=O)O)(c2ccccc2)c2ccccc2)c(CCCCC)c1. The van der Waals surface area contributed by atoms with Gasteiger partial charge in [-0.1, -0.05) is 108 Å². The fraction of sp³-hybridized carbons (Fsp3) is 0.441. The van der Waals surface area contributed by atoms with Gasteiger partial charge in [-0.3, -0.25) is 0 Å². The lowest BCUT2D eigenvalue weighted by molar-refractivity contribution is 0.150. The van der Waals surface area contributed by atoms with Crippen LogP contribution in [0, 0.1) is 0 Å². The minimum atomic E-state index is -2.51. The van der Waals surface area contributed by atoms with E-state index in [1.807, 2.05) is 60.7 Å². The highest BCUT2D eigenvalue weighted by molar-refractivity contribution is 8.30. The zero-order chi connectivity index (χ0) is 27.2. The molecule has 0 saturated heterocycles. The third-order valence-electron chi connectivity index (χ3n) is 7.10. The first-order chi connectivity index (χ1) is 18.6. The van der Waals surface area contributed by atoms with Crippen LogP contribution in [0.3, 0.4) is 0 Å². The van der Waals surface area contributed by atoms with Crippen LogP contribution in [0.1, 0.15) is 95.2 Å². The molecule has 0 aromatic heterocycles. The Morgan fingerprint density at radius 2 is 1.08 bits per heavy atom. The molecular formula is C34H46O3S. The lowest BCUT2D eigenvalue weighted by atomic mass is 9.95. The van der Waals surface area contributed by atoms with E-state index < -0.39 is 16.5 Å². The van der Waals surface area contributed by atoms with Crippen molar-refractivity contribution < 1.29 is 14.1 Å². The van der Waals surface area contributed by atoms with Crippen molar-refractivity contribution in [2.45, 2.75) is 113 Å². The summed E-state index contributed by atoms with van der Waals surface area (Å²) in [5, 5.41) is 10.2. The Kier molecular flexibility index (Phi) is 12.3. The highest BCUT2D eigenvalue weighted by Crippen LogP contribution is 2.71. The quantitative estimate of drug-likeness (QED) is 0.186.